The zero-order valence-electron chi connectivity index (χ0n) is 28.7. The van der Waals surface area contributed by atoms with Gasteiger partial charge in [0.05, 0.1) is 28.3 Å². The van der Waals surface area contributed by atoms with Crippen LogP contribution in [0.15, 0.2) is 54.6 Å². The molecule has 11 nitrogen and oxygen atoms in total. The molecule has 0 saturated carbocycles. The predicted molar refractivity (Wildman–Crippen MR) is 180 cm³/mol. The van der Waals surface area contributed by atoms with Gasteiger partial charge in [-0.15, -0.1) is 0 Å². The average Bonchev–Trinajstić information content (AvgIpc) is 3.02. The van der Waals surface area contributed by atoms with Crippen molar-refractivity contribution in [1.29, 1.82) is 5.26 Å². The summed E-state index contributed by atoms with van der Waals surface area (Å²) in [7, 11) is 1.97. The molecule has 1 radical (unpaired) electrons. The molecule has 1 amide bonds. The Hall–Kier alpha value is -5.00. The van der Waals surface area contributed by atoms with E-state index in [4.69, 9.17) is 32.9 Å². The Morgan fingerprint density at radius 1 is 0.774 bits per heavy atom. The number of hydrogen-bond donors (Lipinski definition) is 5. The average molecular weight is 767 g/mol. The van der Waals surface area contributed by atoms with Gasteiger partial charge in [-0.25, -0.2) is 4.79 Å². The van der Waals surface area contributed by atoms with E-state index in [-0.39, 0.29) is 49.2 Å². The van der Waals surface area contributed by atoms with Gasteiger partial charge in [0.2, 0.25) is 0 Å². The number of halogens is 9. The molecule has 291 valence electrons. The Kier molecular flexibility index (Phi) is 19.5. The van der Waals surface area contributed by atoms with Crippen molar-refractivity contribution in [2.24, 2.45) is 5.73 Å². The molecule has 9 N–H and O–H groups in total. The standard InChI is InChI=1S/C13H17F3N2O2.C8H9F3N2.C8H5F3N2.C2H5B2O3.H2/c1-12(2,3)20-11(19)18-7-8-4-9(13(14,15)16)6-10(17)5-8;2*9-8(10,11)6-1-5(4-12)2-7(13)3-6;1-3-7-6-2-4-5;/h4-6H,7,17H2,1-3H3,(H,18,19);1-3H,4,12-13H2;1-3H,13H2;2H2,1H3;1H. The molecule has 0 unspecified atom stereocenters. The van der Waals surface area contributed by atoms with Crippen molar-refractivity contribution in [2.75, 3.05) is 23.7 Å². The topological polar surface area (TPSA) is 202 Å². The monoisotopic (exact) mass is 767 g/mol. The minimum Gasteiger partial charge on any atom is -0.399 e. The maximum absolute atomic E-state index is 12.6. The van der Waals surface area contributed by atoms with E-state index in [1.807, 2.05) is 0 Å². The van der Waals surface area contributed by atoms with Crippen molar-refractivity contribution in [3.8, 4) is 6.07 Å². The molecule has 0 bridgehead atoms. The molecule has 0 aromatic heterocycles. The number of nitrogens with one attached hydrogen (secondary N) is 1. The minimum atomic E-state index is -4.48. The first-order valence-corrected chi connectivity index (χ1v) is 14.7. The zero-order chi connectivity index (χ0) is 41.2. The fourth-order valence-corrected chi connectivity index (χ4v) is 3.49. The van der Waals surface area contributed by atoms with E-state index in [9.17, 15) is 49.0 Å². The molecule has 53 heavy (non-hydrogen) atoms. The SMILES string of the molecule is CC(C)(C)OC(=O)NCc1cc(N)cc(C(F)(F)F)c1.C[B]OOCB=O.N#Cc1cc(N)cc(C(F)(F)F)c1.NCc1cc(N)cc(C(F)(F)F)c1.[HH]. The number of anilines is 3. The third-order valence-electron chi connectivity index (χ3n) is 5.47. The fraction of sp³-hybridized carbons (Fsp3) is 0.355. The van der Waals surface area contributed by atoms with Crippen LogP contribution in [0.4, 0.5) is 61.4 Å². The second-order valence-electron chi connectivity index (χ2n) is 11.2. The smallest absolute Gasteiger partial charge is 0.399 e. The van der Waals surface area contributed by atoms with Crippen LogP contribution in [0.25, 0.3) is 0 Å². The molecule has 3 aromatic carbocycles. The number of nitrogens with two attached hydrogens (primary N) is 4. The number of carbonyl (C=O) groups is 1. The van der Waals surface area contributed by atoms with Gasteiger partial charge < -0.3 is 33.0 Å². The Labute approximate surface area is 301 Å². The van der Waals surface area contributed by atoms with Crippen molar-refractivity contribution >= 4 is 37.8 Å². The van der Waals surface area contributed by atoms with Crippen molar-refractivity contribution in [2.45, 2.75) is 64.8 Å². The van der Waals surface area contributed by atoms with Crippen LogP contribution >= 0.6 is 0 Å². The summed E-state index contributed by atoms with van der Waals surface area (Å²) < 4.78 is 125. The van der Waals surface area contributed by atoms with Gasteiger partial charge in [-0.05, 0) is 86.5 Å². The van der Waals surface area contributed by atoms with Crippen LogP contribution in [0.5, 0.6) is 0 Å². The molecule has 0 atom stereocenters. The summed E-state index contributed by atoms with van der Waals surface area (Å²) in [5.41, 5.74) is 18.5. The molecule has 3 aromatic rings. The molecule has 0 aliphatic carbocycles. The predicted octanol–water partition coefficient (Wildman–Crippen LogP) is 7.07. The summed E-state index contributed by atoms with van der Waals surface area (Å²) in [5, 5.41) is 10.8. The number of nitrogens with zero attached hydrogens (tertiary/aromatic N) is 1. The van der Waals surface area contributed by atoms with E-state index in [2.05, 4.69) is 15.0 Å². The van der Waals surface area contributed by atoms with E-state index < -0.39 is 46.9 Å². The molecule has 0 spiro atoms. The summed E-state index contributed by atoms with van der Waals surface area (Å²) in [6.07, 6.45) is -14.0. The summed E-state index contributed by atoms with van der Waals surface area (Å²) in [4.78, 5) is 19.8. The number of ether oxygens (including phenoxy) is 1. The minimum absolute atomic E-state index is 0. The number of nitrogen functional groups attached to an aromatic ring is 3. The van der Waals surface area contributed by atoms with Gasteiger partial charge >= 0.3 is 67.0 Å². The van der Waals surface area contributed by atoms with Crippen LogP contribution in [-0.4, -0.2) is 32.8 Å². The third kappa shape index (κ3) is 21.2. The Morgan fingerprint density at radius 2 is 1.21 bits per heavy atom. The Balaban J connectivity index is 0. The van der Waals surface area contributed by atoms with Gasteiger partial charge in [-0.3, -0.25) is 0 Å². The van der Waals surface area contributed by atoms with Gasteiger partial charge in [0.25, 0.3) is 0 Å². The van der Waals surface area contributed by atoms with Gasteiger partial charge in [0, 0.05) is 31.6 Å². The van der Waals surface area contributed by atoms with Gasteiger partial charge in [-0.1, -0.05) is 0 Å². The van der Waals surface area contributed by atoms with Gasteiger partial charge in [-0.2, -0.15) is 44.8 Å². The largest absolute Gasteiger partial charge is 0.416 e. The molecule has 0 aliphatic rings. The van der Waals surface area contributed by atoms with Crippen molar-refractivity contribution in [3.05, 3.63) is 88.0 Å². The van der Waals surface area contributed by atoms with Crippen LogP contribution in [0.1, 0.15) is 55.6 Å². The maximum Gasteiger partial charge on any atom is 0.416 e. The Morgan fingerprint density at radius 3 is 1.60 bits per heavy atom. The quantitative estimate of drug-likeness (QED) is 0.0413. The van der Waals surface area contributed by atoms with E-state index >= 15 is 0 Å². The van der Waals surface area contributed by atoms with Crippen molar-refractivity contribution in [1.82, 2.24) is 5.32 Å². The molecule has 0 fully saturated rings. The van der Waals surface area contributed by atoms with Crippen LogP contribution in [0, 0.1) is 11.3 Å². The number of benzene rings is 3. The number of amides is 1. The summed E-state index contributed by atoms with van der Waals surface area (Å²) in [6, 6.07) is 10.8. The molecule has 0 aliphatic heterocycles. The van der Waals surface area contributed by atoms with Crippen molar-refractivity contribution in [3.63, 3.8) is 0 Å². The van der Waals surface area contributed by atoms with Crippen LogP contribution in [0.2, 0.25) is 6.82 Å². The van der Waals surface area contributed by atoms with E-state index in [0.29, 0.717) is 12.7 Å². The molecule has 22 heteroatoms. The maximum atomic E-state index is 12.6. The number of nitriles is 1. The number of hydrogen-bond acceptors (Lipinski definition) is 10. The molecule has 3 rings (SSSR count). The first-order valence-electron chi connectivity index (χ1n) is 14.7. The first kappa shape index (κ1) is 48.0. The van der Waals surface area contributed by atoms with E-state index in [0.717, 1.165) is 36.4 Å². The first-order chi connectivity index (χ1) is 24.2. The second kappa shape index (κ2) is 21.5. The molecule has 0 saturated heterocycles. The third-order valence-corrected chi connectivity index (χ3v) is 5.47. The molecule has 0 heterocycles. The summed E-state index contributed by atoms with van der Waals surface area (Å²) >= 11 is 0. The van der Waals surface area contributed by atoms with Crippen LogP contribution in [0.3, 0.4) is 0 Å². The normalized spacial score (nSPS) is 11.1. The number of carbonyl (C=O) groups excluding carboxylic acids is 1. The van der Waals surface area contributed by atoms with E-state index in [1.54, 1.807) is 33.7 Å². The van der Waals surface area contributed by atoms with Crippen LogP contribution in [-0.2, 0) is 50.8 Å². The van der Waals surface area contributed by atoms with Crippen molar-refractivity contribution < 1.29 is 64.9 Å². The molecular weight excluding hydrogens is 729 g/mol. The Bertz CT molecular complexity index is 1670. The van der Waals surface area contributed by atoms with Gasteiger partial charge in [0.15, 0.2) is 0 Å². The summed E-state index contributed by atoms with van der Waals surface area (Å²) in [5.74, 6) is 0. The number of alkyl carbamates (subject to hydrolysis) is 1. The molecular formula is C31H38B2F9N6O5. The van der Waals surface area contributed by atoms with Crippen LogP contribution < -0.4 is 28.3 Å². The van der Waals surface area contributed by atoms with Gasteiger partial charge in [0.1, 0.15) is 5.60 Å². The van der Waals surface area contributed by atoms with E-state index in [1.165, 1.54) is 25.7 Å². The second-order valence-corrected chi connectivity index (χ2v) is 11.2. The summed E-state index contributed by atoms with van der Waals surface area (Å²) in [6.45, 7) is 6.67. The fourth-order valence-electron chi connectivity index (χ4n) is 3.49. The number of rotatable bonds is 7. The zero-order valence-corrected chi connectivity index (χ0v) is 28.7. The number of alkyl halides is 9.